The molecule has 0 atom stereocenters. The van der Waals surface area contributed by atoms with Crippen molar-refractivity contribution in [2.75, 3.05) is 13.1 Å². The van der Waals surface area contributed by atoms with Gasteiger partial charge in [0.05, 0.1) is 11.4 Å². The Hall–Kier alpha value is -1.85. The summed E-state index contributed by atoms with van der Waals surface area (Å²) in [6, 6.07) is 8.19. The van der Waals surface area contributed by atoms with Crippen molar-refractivity contribution in [3.05, 3.63) is 46.2 Å². The molecule has 1 N–H and O–H groups in total. The quantitative estimate of drug-likeness (QED) is 0.845. The summed E-state index contributed by atoms with van der Waals surface area (Å²) in [5.41, 5.74) is 4.45. The van der Waals surface area contributed by atoms with E-state index < -0.39 is 0 Å². The lowest BCUT2D eigenvalue weighted by atomic mass is 10.0. The summed E-state index contributed by atoms with van der Waals surface area (Å²) in [5, 5.41) is 9.11. The second-order valence-corrected chi connectivity index (χ2v) is 8.11. The molecule has 0 spiro atoms. The Morgan fingerprint density at radius 3 is 2.44 bits per heavy atom. The number of piperidine rings is 1. The normalized spacial score (nSPS) is 15.6. The molecule has 0 saturated carbocycles. The summed E-state index contributed by atoms with van der Waals surface area (Å²) in [6.45, 7) is 10.6. The number of amides is 1. The molecule has 3 rings (SSSR count). The molecule has 5 nitrogen and oxygen atoms in total. The molecule has 146 valence electrons. The second-order valence-electron chi connectivity index (χ2n) is 7.67. The summed E-state index contributed by atoms with van der Waals surface area (Å²) in [7, 11) is 0. The summed E-state index contributed by atoms with van der Waals surface area (Å²) >= 11 is 5.99. The molecule has 1 fully saturated rings. The third kappa shape index (κ3) is 4.53. The van der Waals surface area contributed by atoms with E-state index in [0.717, 1.165) is 54.6 Å². The Morgan fingerprint density at radius 1 is 1.22 bits per heavy atom. The average molecular weight is 389 g/mol. The summed E-state index contributed by atoms with van der Waals surface area (Å²) in [4.78, 5) is 14.1. The smallest absolute Gasteiger partial charge is 0.225 e. The van der Waals surface area contributed by atoms with E-state index in [1.54, 1.807) is 0 Å². The van der Waals surface area contributed by atoms with Gasteiger partial charge in [0.25, 0.3) is 0 Å². The van der Waals surface area contributed by atoms with E-state index in [2.05, 4.69) is 19.2 Å². The Morgan fingerprint density at radius 2 is 1.85 bits per heavy atom. The molecule has 1 saturated heterocycles. The lowest BCUT2D eigenvalue weighted by Gasteiger charge is -2.33. The zero-order chi connectivity index (χ0) is 19.6. The number of halogens is 1. The minimum atomic E-state index is 0.0820. The van der Waals surface area contributed by atoms with Gasteiger partial charge in [0, 0.05) is 47.9 Å². The van der Waals surface area contributed by atoms with E-state index in [9.17, 15) is 4.79 Å². The molecule has 1 amide bonds. The molecule has 1 aromatic heterocycles. The van der Waals surface area contributed by atoms with Gasteiger partial charge in [-0.2, -0.15) is 5.10 Å². The van der Waals surface area contributed by atoms with Crippen LogP contribution in [0.5, 0.6) is 0 Å². The van der Waals surface area contributed by atoms with Crippen LogP contribution in [0.25, 0.3) is 5.69 Å². The monoisotopic (exact) mass is 388 g/mol. The van der Waals surface area contributed by atoms with Crippen LogP contribution in [0.4, 0.5) is 0 Å². The predicted molar refractivity (Wildman–Crippen MR) is 109 cm³/mol. The molecule has 0 bridgehead atoms. The molecule has 0 radical (unpaired) electrons. The number of likely N-dealkylation sites (tertiary alicyclic amines) is 1. The first kappa shape index (κ1) is 19.9. The van der Waals surface area contributed by atoms with Crippen LogP contribution < -0.4 is 5.32 Å². The molecule has 0 unspecified atom stereocenters. The topological polar surface area (TPSA) is 50.2 Å². The van der Waals surface area contributed by atoms with E-state index in [4.69, 9.17) is 16.7 Å². The van der Waals surface area contributed by atoms with Gasteiger partial charge < -0.3 is 10.2 Å². The highest BCUT2D eigenvalue weighted by Gasteiger charge is 2.24. The van der Waals surface area contributed by atoms with Gasteiger partial charge in [0.15, 0.2) is 0 Å². The van der Waals surface area contributed by atoms with Gasteiger partial charge in [-0.3, -0.25) is 4.79 Å². The number of rotatable bonds is 5. The highest BCUT2D eigenvalue weighted by atomic mass is 35.5. The first-order valence-electron chi connectivity index (χ1n) is 9.70. The van der Waals surface area contributed by atoms with Crippen LogP contribution in [0.2, 0.25) is 5.02 Å². The number of nitrogens with zero attached hydrogens (tertiary/aromatic N) is 3. The SMILES string of the molecule is Cc1nn(-c2ccc(Cl)cc2)c(C)c1CNC1CCN(C(=O)C(C)C)CC1. The number of hydrogen-bond donors (Lipinski definition) is 1. The fourth-order valence-electron chi connectivity index (χ4n) is 3.68. The lowest BCUT2D eigenvalue weighted by molar-refractivity contribution is -0.135. The van der Waals surface area contributed by atoms with Crippen LogP contribution in [0, 0.1) is 19.8 Å². The number of benzene rings is 1. The van der Waals surface area contributed by atoms with Gasteiger partial charge in [-0.15, -0.1) is 0 Å². The third-order valence-electron chi connectivity index (χ3n) is 5.38. The Labute approximate surface area is 166 Å². The predicted octanol–water partition coefficient (Wildman–Crippen LogP) is 3.88. The van der Waals surface area contributed by atoms with Gasteiger partial charge in [0.1, 0.15) is 0 Å². The molecule has 2 heterocycles. The van der Waals surface area contributed by atoms with Crippen LogP contribution >= 0.6 is 11.6 Å². The van der Waals surface area contributed by atoms with E-state index in [0.29, 0.717) is 6.04 Å². The molecule has 6 heteroatoms. The van der Waals surface area contributed by atoms with Crippen molar-refractivity contribution >= 4 is 17.5 Å². The number of hydrogen-bond acceptors (Lipinski definition) is 3. The number of nitrogens with one attached hydrogen (secondary N) is 1. The van der Waals surface area contributed by atoms with Crippen LogP contribution in [-0.4, -0.2) is 39.7 Å². The highest BCUT2D eigenvalue weighted by molar-refractivity contribution is 6.30. The molecule has 1 aliphatic heterocycles. The van der Waals surface area contributed by atoms with Crippen molar-refractivity contribution in [1.82, 2.24) is 20.0 Å². The maximum absolute atomic E-state index is 12.1. The zero-order valence-electron chi connectivity index (χ0n) is 16.6. The van der Waals surface area contributed by atoms with Crippen LogP contribution in [0.1, 0.15) is 43.6 Å². The second kappa shape index (κ2) is 8.44. The highest BCUT2D eigenvalue weighted by Crippen LogP contribution is 2.20. The largest absolute Gasteiger partial charge is 0.342 e. The summed E-state index contributed by atoms with van der Waals surface area (Å²) in [6.07, 6.45) is 2.00. The maximum atomic E-state index is 12.1. The van der Waals surface area contributed by atoms with E-state index in [-0.39, 0.29) is 11.8 Å². The molecule has 1 aromatic carbocycles. The van der Waals surface area contributed by atoms with E-state index in [1.165, 1.54) is 5.56 Å². The Bertz CT molecular complexity index is 789. The van der Waals surface area contributed by atoms with Crippen molar-refractivity contribution in [3.63, 3.8) is 0 Å². The molecule has 1 aliphatic rings. The van der Waals surface area contributed by atoms with E-state index >= 15 is 0 Å². The Balaban J connectivity index is 1.61. The summed E-state index contributed by atoms with van der Waals surface area (Å²) < 4.78 is 1.98. The molecular formula is C21H29ClN4O. The van der Waals surface area contributed by atoms with Gasteiger partial charge in [-0.1, -0.05) is 25.4 Å². The minimum Gasteiger partial charge on any atom is -0.342 e. The fraction of sp³-hybridized carbons (Fsp3) is 0.524. The minimum absolute atomic E-state index is 0.0820. The third-order valence-corrected chi connectivity index (χ3v) is 5.63. The molecule has 0 aliphatic carbocycles. The van der Waals surface area contributed by atoms with Crippen molar-refractivity contribution in [3.8, 4) is 5.69 Å². The molecular weight excluding hydrogens is 360 g/mol. The molecule has 2 aromatic rings. The van der Waals surface area contributed by atoms with E-state index in [1.807, 2.05) is 47.7 Å². The standard InChI is InChI=1S/C21H29ClN4O/c1-14(2)21(27)25-11-9-18(10-12-25)23-13-20-15(3)24-26(16(20)4)19-7-5-17(22)6-8-19/h5-8,14,18,23H,9-13H2,1-4H3. The van der Waals surface area contributed by atoms with Gasteiger partial charge in [-0.25, -0.2) is 4.68 Å². The van der Waals surface area contributed by atoms with Crippen LogP contribution in [0.3, 0.4) is 0 Å². The summed E-state index contributed by atoms with van der Waals surface area (Å²) in [5.74, 6) is 0.350. The van der Waals surface area contributed by atoms with Crippen molar-refractivity contribution in [2.24, 2.45) is 5.92 Å². The Kier molecular flexibility index (Phi) is 6.22. The van der Waals surface area contributed by atoms with Crippen LogP contribution in [0.15, 0.2) is 24.3 Å². The first-order chi connectivity index (χ1) is 12.9. The number of aryl methyl sites for hydroxylation is 1. The maximum Gasteiger partial charge on any atom is 0.225 e. The van der Waals surface area contributed by atoms with Crippen LogP contribution in [-0.2, 0) is 11.3 Å². The number of carbonyl (C=O) groups is 1. The van der Waals surface area contributed by atoms with Crippen molar-refractivity contribution < 1.29 is 4.79 Å². The fourth-order valence-corrected chi connectivity index (χ4v) is 3.81. The van der Waals surface area contributed by atoms with Gasteiger partial charge in [-0.05, 0) is 51.0 Å². The van der Waals surface area contributed by atoms with Gasteiger partial charge in [0.2, 0.25) is 5.91 Å². The first-order valence-corrected chi connectivity index (χ1v) is 10.1. The lowest BCUT2D eigenvalue weighted by Crippen LogP contribution is -2.46. The average Bonchev–Trinajstić information content (AvgIpc) is 2.94. The molecule has 27 heavy (non-hydrogen) atoms. The zero-order valence-corrected chi connectivity index (χ0v) is 17.4. The van der Waals surface area contributed by atoms with Gasteiger partial charge >= 0.3 is 0 Å². The number of carbonyl (C=O) groups excluding carboxylic acids is 1. The van der Waals surface area contributed by atoms with Crippen molar-refractivity contribution in [2.45, 2.75) is 53.1 Å². The van der Waals surface area contributed by atoms with Crippen molar-refractivity contribution in [1.29, 1.82) is 0 Å². The number of aromatic nitrogens is 2.